The molecule has 1 aliphatic rings. The number of benzene rings is 1. The van der Waals surface area contributed by atoms with E-state index in [-0.39, 0.29) is 12.6 Å². The lowest BCUT2D eigenvalue weighted by Crippen LogP contribution is -2.48. The number of halogens is 4. The summed E-state index contributed by atoms with van der Waals surface area (Å²) in [5.41, 5.74) is 0.454. The number of hydrogen-bond donors (Lipinski definition) is 2. The molecule has 1 saturated heterocycles. The minimum Gasteiger partial charge on any atom is -0.335 e. The van der Waals surface area contributed by atoms with Crippen molar-refractivity contribution in [2.45, 2.75) is 38.3 Å². The lowest BCUT2D eigenvalue weighted by molar-refractivity contribution is 0.0736. The number of likely N-dealkylation sites (tertiary alicyclic amines) is 1. The maximum Gasteiger partial charge on any atom is 0.315 e. The SMILES string of the molecule is C[C@H](NC(=O)NC1CCN(CC(F)F)CC1)c1ccc(F)c(F)c1. The summed E-state index contributed by atoms with van der Waals surface area (Å²) in [7, 11) is 0. The highest BCUT2D eigenvalue weighted by atomic mass is 19.3. The van der Waals surface area contributed by atoms with Gasteiger partial charge in [0.1, 0.15) is 0 Å². The van der Waals surface area contributed by atoms with E-state index < -0.39 is 30.1 Å². The predicted octanol–water partition coefficient (Wildman–Crippen LogP) is 3.05. The average Bonchev–Trinajstić information content (AvgIpc) is 2.51. The Morgan fingerprint density at radius 1 is 1.25 bits per heavy atom. The molecule has 24 heavy (non-hydrogen) atoms. The highest BCUT2D eigenvalue weighted by molar-refractivity contribution is 5.74. The smallest absolute Gasteiger partial charge is 0.315 e. The van der Waals surface area contributed by atoms with Gasteiger partial charge in [-0.1, -0.05) is 6.07 Å². The summed E-state index contributed by atoms with van der Waals surface area (Å²) in [6.07, 6.45) is -1.16. The van der Waals surface area contributed by atoms with E-state index in [0.29, 0.717) is 31.5 Å². The van der Waals surface area contributed by atoms with Crippen LogP contribution >= 0.6 is 0 Å². The Hall–Kier alpha value is -1.83. The highest BCUT2D eigenvalue weighted by Gasteiger charge is 2.23. The van der Waals surface area contributed by atoms with Gasteiger partial charge in [-0.25, -0.2) is 22.4 Å². The van der Waals surface area contributed by atoms with Gasteiger partial charge in [-0.2, -0.15) is 0 Å². The van der Waals surface area contributed by atoms with E-state index in [4.69, 9.17) is 0 Å². The zero-order valence-corrected chi connectivity index (χ0v) is 13.4. The van der Waals surface area contributed by atoms with Gasteiger partial charge < -0.3 is 10.6 Å². The molecule has 0 spiro atoms. The summed E-state index contributed by atoms with van der Waals surface area (Å²) < 4.78 is 50.8. The molecular formula is C16H21F4N3O. The molecule has 0 aliphatic carbocycles. The third-order valence-electron chi connectivity index (χ3n) is 4.11. The molecule has 1 atom stereocenters. The van der Waals surface area contributed by atoms with Crippen molar-refractivity contribution in [2.75, 3.05) is 19.6 Å². The number of nitrogens with one attached hydrogen (secondary N) is 2. The highest BCUT2D eigenvalue weighted by Crippen LogP contribution is 2.16. The predicted molar refractivity (Wildman–Crippen MR) is 81.9 cm³/mol. The molecule has 2 rings (SSSR count). The minimum atomic E-state index is -2.35. The van der Waals surface area contributed by atoms with Crippen LogP contribution in [0.25, 0.3) is 0 Å². The average molecular weight is 347 g/mol. The Bertz CT molecular complexity index is 562. The molecular weight excluding hydrogens is 326 g/mol. The zero-order valence-electron chi connectivity index (χ0n) is 13.4. The van der Waals surface area contributed by atoms with E-state index in [2.05, 4.69) is 10.6 Å². The summed E-state index contributed by atoms with van der Waals surface area (Å²) in [5, 5.41) is 5.45. The number of urea groups is 1. The van der Waals surface area contributed by atoms with Gasteiger partial charge in [0.25, 0.3) is 6.43 Å². The maximum atomic E-state index is 13.2. The number of amides is 2. The molecule has 0 aromatic heterocycles. The third-order valence-corrected chi connectivity index (χ3v) is 4.11. The van der Waals surface area contributed by atoms with Crippen LogP contribution < -0.4 is 10.6 Å². The lowest BCUT2D eigenvalue weighted by Gasteiger charge is -2.32. The van der Waals surface area contributed by atoms with Gasteiger partial charge in [0, 0.05) is 19.1 Å². The van der Waals surface area contributed by atoms with Crippen molar-refractivity contribution in [2.24, 2.45) is 0 Å². The lowest BCUT2D eigenvalue weighted by atomic mass is 10.1. The van der Waals surface area contributed by atoms with Gasteiger partial charge in [-0.05, 0) is 37.5 Å². The first-order valence-electron chi connectivity index (χ1n) is 7.87. The fourth-order valence-corrected chi connectivity index (χ4v) is 2.74. The van der Waals surface area contributed by atoms with Crippen LogP contribution in [0.3, 0.4) is 0 Å². The molecule has 0 unspecified atom stereocenters. The van der Waals surface area contributed by atoms with Crippen LogP contribution in [0.2, 0.25) is 0 Å². The molecule has 2 amide bonds. The second-order valence-electron chi connectivity index (χ2n) is 5.98. The molecule has 134 valence electrons. The molecule has 0 bridgehead atoms. The number of carbonyl (C=O) groups is 1. The van der Waals surface area contributed by atoms with Crippen LogP contribution in [0.5, 0.6) is 0 Å². The van der Waals surface area contributed by atoms with E-state index in [1.165, 1.54) is 6.07 Å². The van der Waals surface area contributed by atoms with Gasteiger partial charge >= 0.3 is 6.03 Å². The van der Waals surface area contributed by atoms with Crippen LogP contribution in [0.1, 0.15) is 31.4 Å². The van der Waals surface area contributed by atoms with E-state index in [1.54, 1.807) is 11.8 Å². The fourth-order valence-electron chi connectivity index (χ4n) is 2.74. The van der Waals surface area contributed by atoms with Crippen LogP contribution in [-0.4, -0.2) is 43.0 Å². The van der Waals surface area contributed by atoms with Gasteiger partial charge in [0.2, 0.25) is 0 Å². The van der Waals surface area contributed by atoms with E-state index in [1.807, 2.05) is 0 Å². The first-order valence-corrected chi connectivity index (χ1v) is 7.87. The van der Waals surface area contributed by atoms with E-state index in [0.717, 1.165) is 12.1 Å². The molecule has 8 heteroatoms. The van der Waals surface area contributed by atoms with Gasteiger partial charge in [-0.3, -0.25) is 4.90 Å². The van der Waals surface area contributed by atoms with Crippen molar-refractivity contribution < 1.29 is 22.4 Å². The van der Waals surface area contributed by atoms with Crippen molar-refractivity contribution >= 4 is 6.03 Å². The van der Waals surface area contributed by atoms with Crippen molar-refractivity contribution in [1.82, 2.24) is 15.5 Å². The Morgan fingerprint density at radius 3 is 2.50 bits per heavy atom. The Balaban J connectivity index is 1.78. The number of hydrogen-bond acceptors (Lipinski definition) is 2. The van der Waals surface area contributed by atoms with Crippen LogP contribution in [0.4, 0.5) is 22.4 Å². The molecule has 1 aromatic rings. The summed E-state index contributed by atoms with van der Waals surface area (Å²) >= 11 is 0. The van der Waals surface area contributed by atoms with Crippen LogP contribution in [0, 0.1) is 11.6 Å². The van der Waals surface area contributed by atoms with Crippen molar-refractivity contribution in [3.8, 4) is 0 Å². The first kappa shape index (κ1) is 18.5. The zero-order chi connectivity index (χ0) is 17.7. The Labute approximate surface area is 138 Å². The summed E-state index contributed by atoms with van der Waals surface area (Å²) in [5.74, 6) is -1.90. The van der Waals surface area contributed by atoms with Crippen LogP contribution in [-0.2, 0) is 0 Å². The van der Waals surface area contributed by atoms with Crippen molar-refractivity contribution in [3.63, 3.8) is 0 Å². The summed E-state index contributed by atoms with van der Waals surface area (Å²) in [4.78, 5) is 13.7. The maximum absolute atomic E-state index is 13.2. The van der Waals surface area contributed by atoms with E-state index in [9.17, 15) is 22.4 Å². The molecule has 1 aliphatic heterocycles. The second-order valence-corrected chi connectivity index (χ2v) is 5.98. The van der Waals surface area contributed by atoms with Gasteiger partial charge in [-0.15, -0.1) is 0 Å². The van der Waals surface area contributed by atoms with Gasteiger partial charge in [0.15, 0.2) is 11.6 Å². The molecule has 1 aromatic carbocycles. The summed E-state index contributed by atoms with van der Waals surface area (Å²) in [6, 6.07) is 2.48. The number of piperidine rings is 1. The normalized spacial score (nSPS) is 17.8. The molecule has 2 N–H and O–H groups in total. The minimum absolute atomic E-state index is 0.0870. The molecule has 0 radical (unpaired) electrons. The topological polar surface area (TPSA) is 44.4 Å². The quantitative estimate of drug-likeness (QED) is 0.804. The first-order chi connectivity index (χ1) is 11.3. The largest absolute Gasteiger partial charge is 0.335 e. The number of rotatable bonds is 5. The molecule has 1 fully saturated rings. The van der Waals surface area contributed by atoms with Crippen molar-refractivity contribution in [3.05, 3.63) is 35.4 Å². The van der Waals surface area contributed by atoms with Crippen LogP contribution in [0.15, 0.2) is 18.2 Å². The van der Waals surface area contributed by atoms with Crippen molar-refractivity contribution in [1.29, 1.82) is 0 Å². The molecule has 4 nitrogen and oxygen atoms in total. The van der Waals surface area contributed by atoms with Gasteiger partial charge in [0.05, 0.1) is 12.6 Å². The molecule has 0 saturated carbocycles. The second kappa shape index (κ2) is 8.32. The number of alkyl halides is 2. The monoisotopic (exact) mass is 347 g/mol. The Kier molecular flexibility index (Phi) is 6.42. The van der Waals surface area contributed by atoms with E-state index >= 15 is 0 Å². The Morgan fingerprint density at radius 2 is 1.92 bits per heavy atom. The summed E-state index contributed by atoms with van der Waals surface area (Å²) in [6.45, 7) is 2.44. The number of nitrogens with zero attached hydrogens (tertiary/aromatic N) is 1. The molecule has 1 heterocycles. The standard InChI is InChI=1S/C16H21F4N3O/c1-10(11-2-3-13(17)14(18)8-11)21-16(24)22-12-4-6-23(7-5-12)9-15(19)20/h2-3,8,10,12,15H,4-7,9H2,1H3,(H2,21,22,24)/t10-/m0/s1. The fraction of sp³-hybridized carbons (Fsp3) is 0.562. The number of carbonyl (C=O) groups excluding carboxylic acids is 1. The third kappa shape index (κ3) is 5.36.